The van der Waals surface area contributed by atoms with Crippen LogP contribution in [0.5, 0.6) is 5.75 Å². The highest BCUT2D eigenvalue weighted by Crippen LogP contribution is 2.23. The summed E-state index contributed by atoms with van der Waals surface area (Å²) in [6, 6.07) is 5.73. The van der Waals surface area contributed by atoms with Crippen molar-refractivity contribution in [2.24, 2.45) is 0 Å². The lowest BCUT2D eigenvalue weighted by molar-refractivity contribution is 0.314. The standard InChI is InChI=1S/C15H24O3S.CH4/c1-4-6-7-14-11-13(12-19(3,16)17)8-9-15(14)18-10-5-2;/h8-9,11H,4-7,10,12H2,1-3H3;1H4. The molecule has 0 heterocycles. The molecule has 0 spiro atoms. The maximum Gasteiger partial charge on any atom is 0.151 e. The third-order valence-electron chi connectivity index (χ3n) is 2.82. The molecule has 0 radical (unpaired) electrons. The molecule has 1 aromatic rings. The van der Waals surface area contributed by atoms with Gasteiger partial charge in [0.25, 0.3) is 0 Å². The first-order valence-electron chi connectivity index (χ1n) is 6.88. The van der Waals surface area contributed by atoms with Gasteiger partial charge in [-0.25, -0.2) is 8.42 Å². The topological polar surface area (TPSA) is 43.4 Å². The molecule has 0 amide bonds. The third-order valence-corrected chi connectivity index (χ3v) is 3.67. The lowest BCUT2D eigenvalue weighted by atomic mass is 10.0. The number of aryl methyl sites for hydroxylation is 1. The highest BCUT2D eigenvalue weighted by atomic mass is 32.2. The van der Waals surface area contributed by atoms with Crippen LogP contribution in [0.1, 0.15) is 51.7 Å². The molecule has 0 saturated carbocycles. The van der Waals surface area contributed by atoms with Crippen LogP contribution in [-0.2, 0) is 22.0 Å². The molecule has 0 aromatic heterocycles. The summed E-state index contributed by atoms with van der Waals surface area (Å²) < 4.78 is 28.4. The predicted octanol–water partition coefficient (Wildman–Crippen LogP) is 4.00. The lowest BCUT2D eigenvalue weighted by Gasteiger charge is -2.12. The maximum absolute atomic E-state index is 11.4. The normalized spacial score (nSPS) is 10.9. The van der Waals surface area contributed by atoms with Gasteiger partial charge in [0.15, 0.2) is 9.84 Å². The second-order valence-corrected chi connectivity index (χ2v) is 7.10. The third kappa shape index (κ3) is 6.94. The van der Waals surface area contributed by atoms with Crippen LogP contribution in [0.4, 0.5) is 0 Å². The molecule has 0 bridgehead atoms. The Labute approximate surface area is 124 Å². The van der Waals surface area contributed by atoms with E-state index in [1.54, 1.807) is 0 Å². The van der Waals surface area contributed by atoms with Gasteiger partial charge >= 0.3 is 0 Å². The quantitative estimate of drug-likeness (QED) is 0.729. The molecule has 20 heavy (non-hydrogen) atoms. The summed E-state index contributed by atoms with van der Waals surface area (Å²) in [5, 5.41) is 0. The number of rotatable bonds is 8. The number of benzene rings is 1. The van der Waals surface area contributed by atoms with Crippen molar-refractivity contribution in [2.75, 3.05) is 12.9 Å². The van der Waals surface area contributed by atoms with Gasteiger partial charge in [-0.2, -0.15) is 0 Å². The summed E-state index contributed by atoms with van der Waals surface area (Å²) in [5.74, 6) is 0.993. The minimum absolute atomic E-state index is 0. The van der Waals surface area contributed by atoms with Gasteiger partial charge in [-0.05, 0) is 36.5 Å². The van der Waals surface area contributed by atoms with E-state index in [0.29, 0.717) is 6.61 Å². The lowest BCUT2D eigenvalue weighted by Crippen LogP contribution is -2.04. The Morgan fingerprint density at radius 1 is 1.15 bits per heavy atom. The van der Waals surface area contributed by atoms with Crippen molar-refractivity contribution in [3.8, 4) is 5.75 Å². The Morgan fingerprint density at radius 3 is 2.40 bits per heavy atom. The van der Waals surface area contributed by atoms with E-state index in [0.717, 1.165) is 42.6 Å². The zero-order valence-corrected chi connectivity index (χ0v) is 12.9. The second-order valence-electron chi connectivity index (χ2n) is 4.96. The average molecular weight is 300 g/mol. The molecule has 0 N–H and O–H groups in total. The molecule has 0 saturated heterocycles. The first-order chi connectivity index (χ1) is 8.96. The Morgan fingerprint density at radius 2 is 1.85 bits per heavy atom. The monoisotopic (exact) mass is 300 g/mol. The van der Waals surface area contributed by atoms with Gasteiger partial charge in [0.05, 0.1) is 12.4 Å². The van der Waals surface area contributed by atoms with Crippen LogP contribution in [0.2, 0.25) is 0 Å². The average Bonchev–Trinajstić information content (AvgIpc) is 2.33. The molecule has 4 heteroatoms. The molecule has 0 aliphatic carbocycles. The van der Waals surface area contributed by atoms with Gasteiger partial charge in [0, 0.05) is 6.26 Å². The van der Waals surface area contributed by atoms with Crippen molar-refractivity contribution in [1.82, 2.24) is 0 Å². The first-order valence-corrected chi connectivity index (χ1v) is 8.94. The highest BCUT2D eigenvalue weighted by Gasteiger charge is 2.09. The Hall–Kier alpha value is -1.03. The molecule has 0 atom stereocenters. The van der Waals surface area contributed by atoms with E-state index in [9.17, 15) is 8.42 Å². The van der Waals surface area contributed by atoms with E-state index < -0.39 is 9.84 Å². The van der Waals surface area contributed by atoms with Gasteiger partial charge < -0.3 is 4.74 Å². The predicted molar refractivity (Wildman–Crippen MR) is 86.1 cm³/mol. The van der Waals surface area contributed by atoms with Crippen LogP contribution in [0.3, 0.4) is 0 Å². The number of sulfone groups is 1. The molecule has 1 rings (SSSR count). The second kappa shape index (κ2) is 9.01. The molecular weight excluding hydrogens is 272 g/mol. The van der Waals surface area contributed by atoms with Crippen LogP contribution in [-0.4, -0.2) is 21.3 Å². The number of hydrogen-bond acceptors (Lipinski definition) is 3. The molecule has 1 aromatic carbocycles. The van der Waals surface area contributed by atoms with E-state index in [1.165, 1.54) is 6.26 Å². The molecule has 3 nitrogen and oxygen atoms in total. The van der Waals surface area contributed by atoms with Crippen LogP contribution < -0.4 is 4.74 Å². The van der Waals surface area contributed by atoms with Gasteiger partial charge in [-0.3, -0.25) is 0 Å². The fourth-order valence-corrected chi connectivity index (χ4v) is 2.73. The summed E-state index contributed by atoms with van der Waals surface area (Å²) in [4.78, 5) is 0. The smallest absolute Gasteiger partial charge is 0.151 e. The molecule has 0 aliphatic rings. The summed E-state index contributed by atoms with van der Waals surface area (Å²) in [7, 11) is -2.99. The van der Waals surface area contributed by atoms with E-state index in [-0.39, 0.29) is 13.2 Å². The molecule has 0 fully saturated rings. The van der Waals surface area contributed by atoms with Crippen LogP contribution in [0.15, 0.2) is 18.2 Å². The van der Waals surface area contributed by atoms with E-state index in [1.807, 2.05) is 18.2 Å². The fourth-order valence-electron chi connectivity index (χ4n) is 1.94. The first kappa shape index (κ1) is 19.0. The highest BCUT2D eigenvalue weighted by molar-refractivity contribution is 7.89. The van der Waals surface area contributed by atoms with Crippen molar-refractivity contribution < 1.29 is 13.2 Å². The summed E-state index contributed by atoms with van der Waals surface area (Å²) in [6.07, 6.45) is 5.38. The number of unbranched alkanes of at least 4 members (excludes halogenated alkanes) is 1. The van der Waals surface area contributed by atoms with Crippen LogP contribution >= 0.6 is 0 Å². The summed E-state index contributed by atoms with van der Waals surface area (Å²) in [5.41, 5.74) is 1.97. The maximum atomic E-state index is 11.4. The number of ether oxygens (including phenoxy) is 1. The molecule has 116 valence electrons. The van der Waals surface area contributed by atoms with Crippen molar-refractivity contribution in [2.45, 2.75) is 52.7 Å². The van der Waals surface area contributed by atoms with Crippen molar-refractivity contribution in [3.63, 3.8) is 0 Å². The largest absolute Gasteiger partial charge is 0.493 e. The summed E-state index contributed by atoms with van der Waals surface area (Å²) in [6.45, 7) is 4.92. The Bertz CT molecular complexity index is 492. The molecule has 0 unspecified atom stereocenters. The van der Waals surface area contributed by atoms with Crippen molar-refractivity contribution in [3.05, 3.63) is 29.3 Å². The number of hydrogen-bond donors (Lipinski definition) is 0. The zero-order valence-electron chi connectivity index (χ0n) is 12.1. The van der Waals surface area contributed by atoms with E-state index in [2.05, 4.69) is 13.8 Å². The Kier molecular flexibility index (Phi) is 8.54. The SMILES string of the molecule is C.CCCCc1cc(CS(C)(=O)=O)ccc1OCCC. The zero-order chi connectivity index (χ0) is 14.3. The fraction of sp³-hybridized carbons (Fsp3) is 0.625. The van der Waals surface area contributed by atoms with Crippen LogP contribution in [0, 0.1) is 0 Å². The minimum atomic E-state index is -2.99. The van der Waals surface area contributed by atoms with Gasteiger partial charge in [0.1, 0.15) is 5.75 Å². The molecule has 0 aliphatic heterocycles. The van der Waals surface area contributed by atoms with Crippen molar-refractivity contribution in [1.29, 1.82) is 0 Å². The van der Waals surface area contributed by atoms with Crippen LogP contribution in [0.25, 0.3) is 0 Å². The molecular formula is C16H28O3S. The minimum Gasteiger partial charge on any atom is -0.493 e. The van der Waals surface area contributed by atoms with Gasteiger partial charge in [-0.15, -0.1) is 0 Å². The van der Waals surface area contributed by atoms with E-state index >= 15 is 0 Å². The van der Waals surface area contributed by atoms with Crippen molar-refractivity contribution >= 4 is 9.84 Å². The Balaban J connectivity index is 0.00000361. The van der Waals surface area contributed by atoms with Gasteiger partial charge in [-0.1, -0.05) is 39.8 Å². The van der Waals surface area contributed by atoms with E-state index in [4.69, 9.17) is 4.74 Å². The summed E-state index contributed by atoms with van der Waals surface area (Å²) >= 11 is 0. The van der Waals surface area contributed by atoms with Gasteiger partial charge in [0.2, 0.25) is 0 Å².